The minimum atomic E-state index is -0.177. The molecule has 130 valence electrons. The summed E-state index contributed by atoms with van der Waals surface area (Å²) in [5, 5.41) is 0. The van der Waals surface area contributed by atoms with E-state index in [0.717, 1.165) is 44.6 Å². The monoisotopic (exact) mass is 327 g/mol. The highest BCUT2D eigenvalue weighted by Crippen LogP contribution is 2.41. The third kappa shape index (κ3) is 2.47. The van der Waals surface area contributed by atoms with Gasteiger partial charge in [0.1, 0.15) is 6.29 Å². The summed E-state index contributed by atoms with van der Waals surface area (Å²) in [7, 11) is 0. The largest absolute Gasteiger partial charge is 0.398 e. The van der Waals surface area contributed by atoms with E-state index in [2.05, 4.69) is 28.9 Å². The second kappa shape index (κ2) is 6.16. The Balaban J connectivity index is 1.50. The summed E-state index contributed by atoms with van der Waals surface area (Å²) in [5.74, 6) is 0. The average molecular weight is 327 g/mol. The van der Waals surface area contributed by atoms with Gasteiger partial charge >= 0.3 is 0 Å². The molecule has 4 rings (SSSR count). The Bertz CT molecular complexity index is 623. The summed E-state index contributed by atoms with van der Waals surface area (Å²) in [6, 6.07) is 7.31. The number of benzene rings is 1. The number of hydrogen-bond acceptors (Lipinski definition) is 4. The number of hydrogen-bond donors (Lipinski definition) is 1. The summed E-state index contributed by atoms with van der Waals surface area (Å²) in [5.41, 5.74) is 9.73. The fourth-order valence-electron chi connectivity index (χ4n) is 5.43. The van der Waals surface area contributed by atoms with E-state index in [9.17, 15) is 4.79 Å². The van der Waals surface area contributed by atoms with Gasteiger partial charge < -0.3 is 10.5 Å². The van der Waals surface area contributed by atoms with Crippen molar-refractivity contribution in [2.24, 2.45) is 0 Å². The van der Waals surface area contributed by atoms with Crippen LogP contribution in [-0.4, -0.2) is 47.3 Å². The van der Waals surface area contributed by atoms with Crippen LogP contribution in [-0.2, 0) is 11.2 Å². The molecule has 0 radical (unpaired) electrons. The molecule has 0 spiro atoms. The van der Waals surface area contributed by atoms with E-state index in [1.807, 2.05) is 6.07 Å². The molecule has 1 aliphatic heterocycles. The van der Waals surface area contributed by atoms with Crippen molar-refractivity contribution in [3.63, 3.8) is 0 Å². The maximum atomic E-state index is 11.8. The number of fused-ring (bicyclic) bond motifs is 1. The number of aldehydes is 1. The normalized spacial score (nSPS) is 30.4. The van der Waals surface area contributed by atoms with Crippen LogP contribution in [0.25, 0.3) is 0 Å². The lowest BCUT2D eigenvalue weighted by molar-refractivity contribution is -0.122. The van der Waals surface area contributed by atoms with Crippen LogP contribution in [0, 0.1) is 0 Å². The number of nitrogens with two attached hydrogens (primary N) is 1. The molecule has 2 atom stereocenters. The number of anilines is 1. The Hall–Kier alpha value is -1.39. The van der Waals surface area contributed by atoms with Crippen LogP contribution in [0.1, 0.15) is 56.2 Å². The van der Waals surface area contributed by atoms with Crippen molar-refractivity contribution in [1.82, 2.24) is 9.80 Å². The molecule has 4 nitrogen and oxygen atoms in total. The Kier molecular flexibility index (Phi) is 4.13. The molecule has 3 aliphatic rings. The summed E-state index contributed by atoms with van der Waals surface area (Å²) < 4.78 is 0. The van der Waals surface area contributed by atoms with Gasteiger partial charge in [0.05, 0.1) is 5.54 Å². The number of carbonyl (C=O) groups excluding carboxylic acids is 1. The first-order valence-electron chi connectivity index (χ1n) is 9.49. The number of carbonyl (C=O) groups is 1. The van der Waals surface area contributed by atoms with Gasteiger partial charge in [-0.05, 0) is 49.8 Å². The highest BCUT2D eigenvalue weighted by atomic mass is 16.1. The maximum absolute atomic E-state index is 11.8. The fourth-order valence-corrected chi connectivity index (χ4v) is 5.43. The van der Waals surface area contributed by atoms with Crippen LogP contribution < -0.4 is 5.73 Å². The van der Waals surface area contributed by atoms with Crippen molar-refractivity contribution in [1.29, 1.82) is 0 Å². The molecule has 1 unspecified atom stereocenters. The average Bonchev–Trinajstić information content (AvgIpc) is 3.23. The van der Waals surface area contributed by atoms with Gasteiger partial charge in [-0.25, -0.2) is 0 Å². The van der Waals surface area contributed by atoms with E-state index < -0.39 is 0 Å². The molecule has 1 aromatic carbocycles. The van der Waals surface area contributed by atoms with Gasteiger partial charge in [0, 0.05) is 37.4 Å². The lowest BCUT2D eigenvalue weighted by atomic mass is 9.93. The molecule has 24 heavy (non-hydrogen) atoms. The van der Waals surface area contributed by atoms with Crippen molar-refractivity contribution in [3.8, 4) is 0 Å². The summed E-state index contributed by atoms with van der Waals surface area (Å²) >= 11 is 0. The van der Waals surface area contributed by atoms with Gasteiger partial charge in [-0.1, -0.05) is 25.0 Å². The van der Waals surface area contributed by atoms with E-state index >= 15 is 0 Å². The van der Waals surface area contributed by atoms with Gasteiger partial charge in [-0.15, -0.1) is 0 Å². The first-order chi connectivity index (χ1) is 11.6. The van der Waals surface area contributed by atoms with Crippen molar-refractivity contribution >= 4 is 12.0 Å². The number of piperazine rings is 1. The van der Waals surface area contributed by atoms with Gasteiger partial charge in [0.15, 0.2) is 0 Å². The Morgan fingerprint density at radius 1 is 1.25 bits per heavy atom. The van der Waals surface area contributed by atoms with E-state index in [4.69, 9.17) is 5.73 Å². The van der Waals surface area contributed by atoms with E-state index in [1.165, 1.54) is 36.7 Å². The molecular weight excluding hydrogens is 298 g/mol. The first kappa shape index (κ1) is 16.1. The Labute approximate surface area is 145 Å². The highest BCUT2D eigenvalue weighted by Gasteiger charge is 2.44. The highest BCUT2D eigenvalue weighted by molar-refractivity contribution is 5.65. The molecule has 1 aromatic rings. The molecule has 1 saturated carbocycles. The molecule has 1 heterocycles. The van der Waals surface area contributed by atoms with Crippen LogP contribution in [0.4, 0.5) is 5.69 Å². The molecule has 2 N–H and O–H groups in total. The van der Waals surface area contributed by atoms with E-state index in [-0.39, 0.29) is 5.54 Å². The maximum Gasteiger partial charge on any atom is 0.140 e. The minimum absolute atomic E-state index is 0.177. The van der Waals surface area contributed by atoms with Gasteiger partial charge in [0.2, 0.25) is 0 Å². The molecule has 0 amide bonds. The van der Waals surface area contributed by atoms with Crippen molar-refractivity contribution < 1.29 is 4.79 Å². The Morgan fingerprint density at radius 3 is 2.75 bits per heavy atom. The fraction of sp³-hybridized carbons (Fsp3) is 0.650. The molecule has 0 aromatic heterocycles. The van der Waals surface area contributed by atoms with Crippen molar-refractivity contribution in [2.75, 3.05) is 25.4 Å². The quantitative estimate of drug-likeness (QED) is 0.685. The van der Waals surface area contributed by atoms with Crippen LogP contribution in [0.3, 0.4) is 0 Å². The van der Waals surface area contributed by atoms with Crippen molar-refractivity contribution in [2.45, 2.75) is 63.1 Å². The van der Waals surface area contributed by atoms with Gasteiger partial charge in [-0.3, -0.25) is 9.80 Å². The second-order valence-corrected chi connectivity index (χ2v) is 7.94. The third-order valence-electron chi connectivity index (χ3n) is 6.64. The minimum Gasteiger partial charge on any atom is -0.398 e. The SMILES string of the molecule is C[C@H]1CN(C2CCc3c(N)cccc32)CCN1C1(C=O)CCCC1. The second-order valence-electron chi connectivity index (χ2n) is 7.94. The predicted octanol–water partition coefficient (Wildman–Crippen LogP) is 2.77. The predicted molar refractivity (Wildman–Crippen MR) is 96.9 cm³/mol. The molecule has 2 fully saturated rings. The van der Waals surface area contributed by atoms with Gasteiger partial charge in [0.25, 0.3) is 0 Å². The molecule has 4 heteroatoms. The zero-order valence-electron chi connectivity index (χ0n) is 14.7. The topological polar surface area (TPSA) is 49.6 Å². The molecular formula is C20H29N3O. The zero-order valence-corrected chi connectivity index (χ0v) is 14.7. The summed E-state index contributed by atoms with van der Waals surface area (Å²) in [4.78, 5) is 17.0. The van der Waals surface area contributed by atoms with Crippen LogP contribution >= 0.6 is 0 Å². The van der Waals surface area contributed by atoms with Crippen LogP contribution in [0.15, 0.2) is 18.2 Å². The van der Waals surface area contributed by atoms with Crippen molar-refractivity contribution in [3.05, 3.63) is 29.3 Å². The number of nitrogen functional groups attached to an aromatic ring is 1. The molecule has 1 saturated heterocycles. The van der Waals surface area contributed by atoms with E-state index in [0.29, 0.717) is 12.1 Å². The molecule has 2 aliphatic carbocycles. The lowest BCUT2D eigenvalue weighted by Crippen LogP contribution is -2.61. The Morgan fingerprint density at radius 2 is 2.04 bits per heavy atom. The first-order valence-corrected chi connectivity index (χ1v) is 9.49. The standard InChI is InChI=1S/C20H29N3O/c1-15-13-22(11-12-23(15)20(14-24)9-2-3-10-20)19-8-7-16-17(19)5-4-6-18(16)21/h4-6,14-15,19H,2-3,7-13,21H2,1H3/t15-,19?/m0/s1. The molecule has 0 bridgehead atoms. The third-order valence-corrected chi connectivity index (χ3v) is 6.64. The number of rotatable bonds is 3. The summed E-state index contributed by atoms with van der Waals surface area (Å²) in [6.45, 7) is 5.41. The lowest BCUT2D eigenvalue weighted by Gasteiger charge is -2.49. The smallest absolute Gasteiger partial charge is 0.140 e. The van der Waals surface area contributed by atoms with Gasteiger partial charge in [-0.2, -0.15) is 0 Å². The van der Waals surface area contributed by atoms with Crippen LogP contribution in [0.2, 0.25) is 0 Å². The van der Waals surface area contributed by atoms with Crippen LogP contribution in [0.5, 0.6) is 0 Å². The number of nitrogens with zero attached hydrogens (tertiary/aromatic N) is 2. The van der Waals surface area contributed by atoms with E-state index in [1.54, 1.807) is 0 Å². The summed E-state index contributed by atoms with van der Waals surface area (Å²) in [6.07, 6.45) is 8.00. The zero-order chi connectivity index (χ0) is 16.7.